The first kappa shape index (κ1) is 12.5. The lowest BCUT2D eigenvalue weighted by Crippen LogP contribution is -2.49. The average molecular weight is 213 g/mol. The number of esters is 1. The van der Waals surface area contributed by atoms with Gasteiger partial charge in [-0.15, -0.1) is 0 Å². The predicted octanol–water partition coefficient (Wildman–Crippen LogP) is 2.24. The first-order chi connectivity index (χ1) is 7.00. The van der Waals surface area contributed by atoms with E-state index >= 15 is 0 Å². The normalized spacial score (nSPS) is 33.5. The van der Waals surface area contributed by atoms with Gasteiger partial charge in [-0.05, 0) is 33.1 Å². The molecule has 0 radical (unpaired) electrons. The molecule has 88 valence electrons. The van der Waals surface area contributed by atoms with Crippen LogP contribution in [0.5, 0.6) is 0 Å². The lowest BCUT2D eigenvalue weighted by atomic mass is 9.72. The van der Waals surface area contributed by atoms with Crippen LogP contribution in [0.3, 0.4) is 0 Å². The fourth-order valence-electron chi connectivity index (χ4n) is 2.01. The number of carbonyl (C=O) groups excluding carboxylic acids is 1. The van der Waals surface area contributed by atoms with Gasteiger partial charge in [0.2, 0.25) is 0 Å². The van der Waals surface area contributed by atoms with E-state index in [1.165, 1.54) is 0 Å². The molecule has 3 atom stereocenters. The summed E-state index contributed by atoms with van der Waals surface area (Å²) in [6, 6.07) is -0.0391. The zero-order valence-corrected chi connectivity index (χ0v) is 10.1. The van der Waals surface area contributed by atoms with Gasteiger partial charge in [0, 0.05) is 6.04 Å². The molecular weight excluding hydrogens is 190 g/mol. The van der Waals surface area contributed by atoms with Crippen molar-refractivity contribution in [3.63, 3.8) is 0 Å². The fraction of sp³-hybridized carbons (Fsp3) is 0.917. The van der Waals surface area contributed by atoms with Gasteiger partial charge in [-0.2, -0.15) is 0 Å². The fourth-order valence-corrected chi connectivity index (χ4v) is 2.01. The van der Waals surface area contributed by atoms with Gasteiger partial charge in [0.25, 0.3) is 0 Å². The molecule has 1 rings (SSSR count). The Bertz CT molecular complexity index is 230. The van der Waals surface area contributed by atoms with Crippen LogP contribution < -0.4 is 5.73 Å². The molecule has 0 saturated heterocycles. The van der Waals surface area contributed by atoms with Crippen molar-refractivity contribution in [1.82, 2.24) is 0 Å². The van der Waals surface area contributed by atoms with Crippen molar-refractivity contribution in [2.75, 3.05) is 0 Å². The Morgan fingerprint density at radius 3 is 2.80 bits per heavy atom. The third-order valence-corrected chi connectivity index (χ3v) is 3.63. The molecule has 0 aliphatic heterocycles. The number of ether oxygens (including phenoxy) is 1. The molecule has 15 heavy (non-hydrogen) atoms. The molecule has 0 spiro atoms. The smallest absolute Gasteiger partial charge is 0.313 e. The third-order valence-electron chi connectivity index (χ3n) is 3.63. The molecule has 3 heteroatoms. The molecular formula is C12H23NO2. The summed E-state index contributed by atoms with van der Waals surface area (Å²) >= 11 is 0. The van der Waals surface area contributed by atoms with Crippen molar-refractivity contribution in [1.29, 1.82) is 0 Å². The van der Waals surface area contributed by atoms with E-state index in [4.69, 9.17) is 10.5 Å². The molecule has 1 fully saturated rings. The summed E-state index contributed by atoms with van der Waals surface area (Å²) in [6.45, 7) is 5.89. The van der Waals surface area contributed by atoms with Crippen molar-refractivity contribution in [3.8, 4) is 0 Å². The van der Waals surface area contributed by atoms with Crippen LogP contribution in [-0.4, -0.2) is 18.1 Å². The highest BCUT2D eigenvalue weighted by molar-refractivity contribution is 5.77. The van der Waals surface area contributed by atoms with Crippen molar-refractivity contribution in [2.24, 2.45) is 11.1 Å². The summed E-state index contributed by atoms with van der Waals surface area (Å²) in [4.78, 5) is 12.0. The minimum atomic E-state index is -0.457. The maximum atomic E-state index is 12.0. The summed E-state index contributed by atoms with van der Waals surface area (Å²) in [5, 5.41) is 0. The van der Waals surface area contributed by atoms with Gasteiger partial charge in [-0.25, -0.2) is 0 Å². The summed E-state index contributed by atoms with van der Waals surface area (Å²) < 4.78 is 5.39. The Morgan fingerprint density at radius 1 is 1.60 bits per heavy atom. The zero-order chi connectivity index (χ0) is 11.5. The van der Waals surface area contributed by atoms with Gasteiger partial charge in [0.1, 0.15) is 0 Å². The highest BCUT2D eigenvalue weighted by atomic mass is 16.5. The number of rotatable bonds is 3. The second kappa shape index (κ2) is 4.97. The Hall–Kier alpha value is -0.570. The third kappa shape index (κ3) is 2.71. The van der Waals surface area contributed by atoms with E-state index in [1.807, 2.05) is 20.8 Å². The van der Waals surface area contributed by atoms with Crippen LogP contribution in [0, 0.1) is 5.41 Å². The van der Waals surface area contributed by atoms with Crippen LogP contribution in [0.25, 0.3) is 0 Å². The van der Waals surface area contributed by atoms with Gasteiger partial charge in [0.15, 0.2) is 0 Å². The first-order valence-electron chi connectivity index (χ1n) is 5.97. The van der Waals surface area contributed by atoms with Gasteiger partial charge >= 0.3 is 5.97 Å². The van der Waals surface area contributed by atoms with E-state index in [0.29, 0.717) is 0 Å². The van der Waals surface area contributed by atoms with Crippen molar-refractivity contribution < 1.29 is 9.53 Å². The highest BCUT2D eigenvalue weighted by Gasteiger charge is 2.42. The standard InChI is InChI=1S/C12H23NO2/c1-4-9(2)15-11(14)12(3)8-6-5-7-10(12)13/h9-10H,4-8,13H2,1-3H3. The Balaban J connectivity index is 2.62. The summed E-state index contributed by atoms with van der Waals surface area (Å²) in [7, 11) is 0. The topological polar surface area (TPSA) is 52.3 Å². The first-order valence-corrected chi connectivity index (χ1v) is 5.97. The molecule has 0 aromatic heterocycles. The van der Waals surface area contributed by atoms with E-state index in [9.17, 15) is 4.79 Å². The van der Waals surface area contributed by atoms with Crippen molar-refractivity contribution >= 4 is 5.97 Å². The van der Waals surface area contributed by atoms with E-state index in [1.54, 1.807) is 0 Å². The average Bonchev–Trinajstić information content (AvgIpc) is 2.22. The second-order valence-corrected chi connectivity index (χ2v) is 4.89. The quantitative estimate of drug-likeness (QED) is 0.731. The van der Waals surface area contributed by atoms with Crippen LogP contribution in [0.4, 0.5) is 0 Å². The van der Waals surface area contributed by atoms with E-state index in [2.05, 4.69) is 0 Å². The number of hydrogen-bond acceptors (Lipinski definition) is 3. The summed E-state index contributed by atoms with van der Waals surface area (Å²) in [5.74, 6) is -0.107. The molecule has 3 nitrogen and oxygen atoms in total. The lowest BCUT2D eigenvalue weighted by molar-refractivity contribution is -0.163. The zero-order valence-electron chi connectivity index (χ0n) is 10.1. The molecule has 1 saturated carbocycles. The Kier molecular flexibility index (Phi) is 4.14. The molecule has 2 N–H and O–H groups in total. The molecule has 0 amide bonds. The number of carbonyl (C=O) groups is 1. The largest absolute Gasteiger partial charge is 0.462 e. The van der Waals surface area contributed by atoms with Crippen LogP contribution in [-0.2, 0) is 9.53 Å². The minimum absolute atomic E-state index is 0.00320. The van der Waals surface area contributed by atoms with Gasteiger partial charge in [-0.1, -0.05) is 19.8 Å². The maximum Gasteiger partial charge on any atom is 0.313 e. The van der Waals surface area contributed by atoms with Crippen LogP contribution in [0.15, 0.2) is 0 Å². The monoisotopic (exact) mass is 213 g/mol. The Labute approximate surface area is 92.4 Å². The Morgan fingerprint density at radius 2 is 2.27 bits per heavy atom. The van der Waals surface area contributed by atoms with Crippen molar-refractivity contribution in [3.05, 3.63) is 0 Å². The molecule has 1 aliphatic carbocycles. The highest BCUT2D eigenvalue weighted by Crippen LogP contribution is 2.36. The van der Waals surface area contributed by atoms with E-state index < -0.39 is 5.41 Å². The predicted molar refractivity (Wildman–Crippen MR) is 60.4 cm³/mol. The minimum Gasteiger partial charge on any atom is -0.462 e. The van der Waals surface area contributed by atoms with E-state index in [0.717, 1.165) is 32.1 Å². The maximum absolute atomic E-state index is 12.0. The van der Waals surface area contributed by atoms with Crippen LogP contribution in [0.1, 0.15) is 52.9 Å². The second-order valence-electron chi connectivity index (χ2n) is 4.89. The molecule has 0 bridgehead atoms. The molecule has 3 unspecified atom stereocenters. The van der Waals surface area contributed by atoms with E-state index in [-0.39, 0.29) is 18.1 Å². The molecule has 0 heterocycles. The number of hydrogen-bond donors (Lipinski definition) is 1. The summed E-state index contributed by atoms with van der Waals surface area (Å²) in [5.41, 5.74) is 5.57. The van der Waals surface area contributed by atoms with Gasteiger partial charge in [-0.3, -0.25) is 4.79 Å². The van der Waals surface area contributed by atoms with Crippen LogP contribution >= 0.6 is 0 Å². The lowest BCUT2D eigenvalue weighted by Gasteiger charge is -2.37. The van der Waals surface area contributed by atoms with Gasteiger partial charge < -0.3 is 10.5 Å². The molecule has 0 aromatic carbocycles. The van der Waals surface area contributed by atoms with Crippen LogP contribution in [0.2, 0.25) is 0 Å². The summed E-state index contributed by atoms with van der Waals surface area (Å²) in [6.07, 6.45) is 4.88. The SMILES string of the molecule is CCC(C)OC(=O)C1(C)CCCCC1N. The molecule has 1 aliphatic rings. The van der Waals surface area contributed by atoms with Crippen molar-refractivity contribution in [2.45, 2.75) is 65.0 Å². The van der Waals surface area contributed by atoms with Gasteiger partial charge in [0.05, 0.1) is 11.5 Å². The molecule has 0 aromatic rings. The number of nitrogens with two attached hydrogens (primary N) is 1.